The lowest BCUT2D eigenvalue weighted by molar-refractivity contribution is -0.139. The molecule has 0 bridgehead atoms. The number of hydrogen-bond acceptors (Lipinski definition) is 6. The van der Waals surface area contributed by atoms with Gasteiger partial charge in [0.25, 0.3) is 0 Å². The molecule has 3 rings (SSSR count). The Morgan fingerprint density at radius 1 is 0.740 bits per heavy atom. The summed E-state index contributed by atoms with van der Waals surface area (Å²) in [4.78, 5) is 24.2. The summed E-state index contributed by atoms with van der Waals surface area (Å²) in [6.07, 6.45) is 21.4. The molecule has 0 aromatic heterocycles. The number of unbranched alkanes of at least 4 members (excludes halogenated alkanes) is 2. The molecule has 50 heavy (non-hydrogen) atoms. The first-order chi connectivity index (χ1) is 24.1. The predicted molar refractivity (Wildman–Crippen MR) is 204 cm³/mol. The molecule has 0 saturated heterocycles. The summed E-state index contributed by atoms with van der Waals surface area (Å²) in [7, 11) is 0. The summed E-state index contributed by atoms with van der Waals surface area (Å²) >= 11 is 0. The van der Waals surface area contributed by atoms with Crippen LogP contribution in [0, 0.1) is 23.2 Å². The van der Waals surface area contributed by atoms with Crippen molar-refractivity contribution in [3.8, 4) is 0 Å². The zero-order valence-corrected chi connectivity index (χ0v) is 32.2. The van der Waals surface area contributed by atoms with Gasteiger partial charge in [-0.3, -0.25) is 0 Å². The number of aryl methyl sites for hydroxylation is 2. The lowest BCUT2D eigenvalue weighted by Gasteiger charge is -2.38. The third-order valence-electron chi connectivity index (χ3n) is 12.1. The predicted octanol–water partition coefficient (Wildman–Crippen LogP) is 9.76. The van der Waals surface area contributed by atoms with Crippen LogP contribution in [0.1, 0.15) is 159 Å². The average molecular weight is 695 g/mol. The van der Waals surface area contributed by atoms with E-state index < -0.39 is 5.41 Å². The van der Waals surface area contributed by atoms with Gasteiger partial charge in [0.2, 0.25) is 0 Å². The van der Waals surface area contributed by atoms with Crippen LogP contribution < -0.4 is 0 Å². The van der Waals surface area contributed by atoms with Gasteiger partial charge in [-0.15, -0.1) is 0 Å². The molecule has 1 aromatic rings. The third-order valence-corrected chi connectivity index (χ3v) is 12.1. The minimum absolute atomic E-state index is 0.0553. The van der Waals surface area contributed by atoms with Gasteiger partial charge in [0.15, 0.2) is 0 Å². The van der Waals surface area contributed by atoms with Crippen molar-refractivity contribution in [1.29, 1.82) is 0 Å². The van der Waals surface area contributed by atoms with Gasteiger partial charge in [-0.1, -0.05) is 77.7 Å². The van der Waals surface area contributed by atoms with Crippen molar-refractivity contribution in [2.45, 2.75) is 156 Å². The normalized spacial score (nSPS) is 21.1. The molecule has 282 valence electrons. The standard InChI is InChI=1S/C44H70O6/c1-7-9-10-13-34-16-18-35(19-17-34)36-20-22-37(23-21-36)40-28-38(14-11-26-49-42(47)32(3)4)41(24-25-44(8-2,30-45)31-46)39(29-40)15-12-27-50-43(48)33(5)6/h28-29,34-37,45-46H,3,5,7-27,30-31H2,1-2,4,6H3. The number of carbonyl (C=O) groups is 2. The molecule has 0 radical (unpaired) electrons. The van der Waals surface area contributed by atoms with Crippen LogP contribution in [0.4, 0.5) is 0 Å². The fraction of sp³-hybridized carbons (Fsp3) is 0.727. The molecule has 2 aliphatic carbocycles. The molecule has 2 aliphatic rings. The van der Waals surface area contributed by atoms with Crippen LogP contribution in [0.15, 0.2) is 36.4 Å². The highest BCUT2D eigenvalue weighted by molar-refractivity contribution is 5.87. The quantitative estimate of drug-likeness (QED) is 0.0713. The number of carbonyl (C=O) groups excluding carboxylic acids is 2. The van der Waals surface area contributed by atoms with E-state index in [1.807, 2.05) is 6.92 Å². The highest BCUT2D eigenvalue weighted by Crippen LogP contribution is 2.45. The molecule has 0 aliphatic heterocycles. The van der Waals surface area contributed by atoms with Crippen molar-refractivity contribution in [3.63, 3.8) is 0 Å². The molecule has 0 atom stereocenters. The highest BCUT2D eigenvalue weighted by atomic mass is 16.5. The van der Waals surface area contributed by atoms with Gasteiger partial charge in [0.05, 0.1) is 26.4 Å². The molecule has 0 spiro atoms. The molecular weight excluding hydrogens is 624 g/mol. The number of rotatable bonds is 22. The fourth-order valence-corrected chi connectivity index (χ4v) is 8.48. The Hall–Kier alpha value is -2.44. The number of aliphatic hydroxyl groups is 2. The van der Waals surface area contributed by atoms with E-state index in [1.54, 1.807) is 13.8 Å². The maximum atomic E-state index is 12.1. The Kier molecular flexibility index (Phi) is 18.3. The van der Waals surface area contributed by atoms with Crippen LogP contribution in [-0.2, 0) is 38.3 Å². The average Bonchev–Trinajstić information content (AvgIpc) is 3.13. The molecular formula is C44H70O6. The van der Waals surface area contributed by atoms with Crippen LogP contribution in [0.5, 0.6) is 0 Å². The Bertz CT molecular complexity index is 1150. The summed E-state index contributed by atoms with van der Waals surface area (Å²) in [6, 6.07) is 4.83. The molecule has 0 unspecified atom stereocenters. The Balaban J connectivity index is 1.80. The van der Waals surface area contributed by atoms with E-state index in [-0.39, 0.29) is 25.2 Å². The van der Waals surface area contributed by atoms with E-state index in [4.69, 9.17) is 9.47 Å². The maximum Gasteiger partial charge on any atom is 0.333 e. The van der Waals surface area contributed by atoms with E-state index in [0.29, 0.717) is 56.0 Å². The van der Waals surface area contributed by atoms with Crippen molar-refractivity contribution >= 4 is 11.9 Å². The number of aliphatic hydroxyl groups excluding tert-OH is 2. The molecule has 2 N–H and O–H groups in total. The van der Waals surface area contributed by atoms with E-state index in [2.05, 4.69) is 32.2 Å². The summed E-state index contributed by atoms with van der Waals surface area (Å²) in [6.45, 7) is 15.6. The Morgan fingerprint density at radius 3 is 1.68 bits per heavy atom. The molecule has 0 heterocycles. The van der Waals surface area contributed by atoms with Gasteiger partial charge in [-0.2, -0.15) is 0 Å². The lowest BCUT2D eigenvalue weighted by Crippen LogP contribution is -2.30. The second-order valence-electron chi connectivity index (χ2n) is 15.9. The van der Waals surface area contributed by atoms with Crippen molar-refractivity contribution in [3.05, 3.63) is 58.7 Å². The topological polar surface area (TPSA) is 93.1 Å². The SMILES string of the molecule is C=C(C)C(=O)OCCCc1cc(C2CCC(C3CCC(CCCCC)CC3)CC2)cc(CCCOC(=O)C(=C)C)c1CCC(CC)(CO)CO. The number of benzene rings is 1. The minimum atomic E-state index is -0.533. The van der Waals surface area contributed by atoms with E-state index in [9.17, 15) is 19.8 Å². The van der Waals surface area contributed by atoms with Crippen molar-refractivity contribution in [1.82, 2.24) is 0 Å². The number of esters is 2. The molecule has 2 fully saturated rings. The van der Waals surface area contributed by atoms with Crippen molar-refractivity contribution < 1.29 is 29.3 Å². The smallest absolute Gasteiger partial charge is 0.333 e. The summed E-state index contributed by atoms with van der Waals surface area (Å²) in [5, 5.41) is 20.5. The summed E-state index contributed by atoms with van der Waals surface area (Å²) < 4.78 is 10.9. The van der Waals surface area contributed by atoms with Gasteiger partial charge in [0, 0.05) is 16.6 Å². The van der Waals surface area contributed by atoms with Crippen molar-refractivity contribution in [2.24, 2.45) is 23.2 Å². The first-order valence-electron chi connectivity index (χ1n) is 20.1. The van der Waals surface area contributed by atoms with Crippen LogP contribution in [0.3, 0.4) is 0 Å². The van der Waals surface area contributed by atoms with Gasteiger partial charge in [0.1, 0.15) is 0 Å². The van der Waals surface area contributed by atoms with Crippen molar-refractivity contribution in [2.75, 3.05) is 26.4 Å². The van der Waals surface area contributed by atoms with Gasteiger partial charge in [-0.05, 0) is 143 Å². The third kappa shape index (κ3) is 13.0. The first-order valence-corrected chi connectivity index (χ1v) is 20.1. The fourth-order valence-electron chi connectivity index (χ4n) is 8.48. The highest BCUT2D eigenvalue weighted by Gasteiger charge is 2.32. The van der Waals surface area contributed by atoms with E-state index in [1.165, 1.54) is 99.3 Å². The van der Waals surface area contributed by atoms with Gasteiger partial charge < -0.3 is 19.7 Å². The Labute approximate surface area is 304 Å². The minimum Gasteiger partial charge on any atom is -0.462 e. The summed E-state index contributed by atoms with van der Waals surface area (Å²) in [5.41, 5.74) is 5.48. The number of hydrogen-bond donors (Lipinski definition) is 2. The van der Waals surface area contributed by atoms with E-state index in [0.717, 1.165) is 37.0 Å². The first kappa shape index (κ1) is 42.0. The van der Waals surface area contributed by atoms with Gasteiger partial charge >= 0.3 is 11.9 Å². The zero-order valence-electron chi connectivity index (χ0n) is 32.2. The Morgan fingerprint density at radius 2 is 1.24 bits per heavy atom. The van der Waals surface area contributed by atoms with E-state index >= 15 is 0 Å². The molecule has 0 amide bonds. The molecule has 6 nitrogen and oxygen atoms in total. The lowest BCUT2D eigenvalue weighted by atomic mass is 9.67. The zero-order chi connectivity index (χ0) is 36.5. The largest absolute Gasteiger partial charge is 0.462 e. The van der Waals surface area contributed by atoms with Crippen LogP contribution in [-0.4, -0.2) is 48.6 Å². The van der Waals surface area contributed by atoms with Gasteiger partial charge in [-0.25, -0.2) is 9.59 Å². The summed E-state index contributed by atoms with van der Waals surface area (Å²) in [5.74, 6) is 2.51. The van der Waals surface area contributed by atoms with Crippen LogP contribution >= 0.6 is 0 Å². The number of ether oxygens (including phenoxy) is 2. The monoisotopic (exact) mass is 695 g/mol. The molecule has 2 saturated carbocycles. The maximum absolute atomic E-state index is 12.1. The molecule has 6 heteroatoms. The van der Waals surface area contributed by atoms with Crippen LogP contribution in [0.25, 0.3) is 0 Å². The second-order valence-corrected chi connectivity index (χ2v) is 15.9. The second kappa shape index (κ2) is 21.8. The molecule has 1 aromatic carbocycles. The van der Waals surface area contributed by atoms with Crippen LogP contribution in [0.2, 0.25) is 0 Å².